The van der Waals surface area contributed by atoms with Crippen LogP contribution < -0.4 is 0 Å². The first kappa shape index (κ1) is 35.9. The molecule has 0 spiro atoms. The average molecular weight is 639 g/mol. The van der Waals surface area contributed by atoms with Crippen LogP contribution in [0.4, 0.5) is 14.4 Å². The average Bonchev–Trinajstić information content (AvgIpc) is 3.02. The summed E-state index contributed by atoms with van der Waals surface area (Å²) in [7, 11) is 0. The van der Waals surface area contributed by atoms with Gasteiger partial charge in [0.05, 0.1) is 6.54 Å². The summed E-state index contributed by atoms with van der Waals surface area (Å²) in [5.74, 6) is -0.425. The number of nitrogens with zero attached hydrogens (tertiary/aromatic N) is 4. The number of benzene rings is 2. The summed E-state index contributed by atoms with van der Waals surface area (Å²) in [5, 5.41) is 0. The van der Waals surface area contributed by atoms with Crippen LogP contribution in [0.15, 0.2) is 73.3 Å². The van der Waals surface area contributed by atoms with Crippen LogP contribution >= 0.6 is 0 Å². The summed E-state index contributed by atoms with van der Waals surface area (Å²) >= 11 is 0. The number of hydrogen-bond donors (Lipinski definition) is 0. The lowest BCUT2D eigenvalue weighted by Gasteiger charge is -2.33. The molecule has 12 nitrogen and oxygen atoms in total. The minimum Gasteiger partial charge on any atom is -0.459 e. The molecule has 3 amide bonds. The standard InChI is InChI=1S/C34H46N4O8/c1-5-24-43-31(40)36-18-16-35(25-30(39)46-34(2,3)4)17-19-37(32(41)44-26-28-12-8-6-9-13-28)21-23-38(22-20-36)33(42)45-27-29-14-10-7-11-15-29/h5-15H,1,16-27H2,2-4H3. The summed E-state index contributed by atoms with van der Waals surface area (Å²) in [6.07, 6.45) is -0.227. The van der Waals surface area contributed by atoms with Crippen molar-refractivity contribution in [2.45, 2.75) is 39.6 Å². The number of hydrogen-bond acceptors (Lipinski definition) is 9. The summed E-state index contributed by atoms with van der Waals surface area (Å²) in [5.41, 5.74) is 0.998. The Bertz CT molecular complexity index is 1270. The Kier molecular flexibility index (Phi) is 14.4. The molecule has 0 radical (unpaired) electrons. The molecule has 3 rings (SSSR count). The third kappa shape index (κ3) is 13.2. The molecule has 12 heteroatoms. The van der Waals surface area contributed by atoms with E-state index in [2.05, 4.69) is 6.58 Å². The van der Waals surface area contributed by atoms with Gasteiger partial charge in [0.15, 0.2) is 0 Å². The first-order valence-electron chi connectivity index (χ1n) is 15.4. The van der Waals surface area contributed by atoms with Gasteiger partial charge >= 0.3 is 24.2 Å². The predicted octanol–water partition coefficient (Wildman–Crippen LogP) is 4.55. The van der Waals surface area contributed by atoms with Crippen LogP contribution in [0.3, 0.4) is 0 Å². The van der Waals surface area contributed by atoms with Crippen molar-refractivity contribution in [2.75, 3.05) is 65.5 Å². The van der Waals surface area contributed by atoms with E-state index >= 15 is 0 Å². The maximum atomic E-state index is 13.3. The van der Waals surface area contributed by atoms with Crippen molar-refractivity contribution in [2.24, 2.45) is 0 Å². The molecule has 2 aromatic rings. The molecule has 1 saturated heterocycles. The summed E-state index contributed by atoms with van der Waals surface area (Å²) < 4.78 is 22.1. The second-order valence-corrected chi connectivity index (χ2v) is 11.8. The van der Waals surface area contributed by atoms with Crippen LogP contribution in [-0.2, 0) is 37.0 Å². The maximum Gasteiger partial charge on any atom is 0.410 e. The first-order valence-corrected chi connectivity index (χ1v) is 15.4. The fourth-order valence-corrected chi connectivity index (χ4v) is 4.56. The van der Waals surface area contributed by atoms with Gasteiger partial charge in [-0.2, -0.15) is 0 Å². The van der Waals surface area contributed by atoms with Crippen LogP contribution in [0.25, 0.3) is 0 Å². The summed E-state index contributed by atoms with van der Waals surface area (Å²) in [6.45, 7) is 10.6. The van der Waals surface area contributed by atoms with Crippen molar-refractivity contribution in [3.63, 3.8) is 0 Å². The number of rotatable bonds is 8. The minimum absolute atomic E-state index is 0.0276. The van der Waals surface area contributed by atoms with Crippen molar-refractivity contribution in [1.29, 1.82) is 0 Å². The van der Waals surface area contributed by atoms with E-state index in [0.29, 0.717) is 0 Å². The van der Waals surface area contributed by atoms with Crippen molar-refractivity contribution in [3.8, 4) is 0 Å². The van der Waals surface area contributed by atoms with Gasteiger partial charge in [0.25, 0.3) is 0 Å². The third-order valence-corrected chi connectivity index (χ3v) is 6.93. The molecule has 0 unspecified atom stereocenters. The van der Waals surface area contributed by atoms with Crippen LogP contribution in [-0.4, -0.2) is 115 Å². The molecule has 0 aliphatic carbocycles. The van der Waals surface area contributed by atoms with E-state index in [4.69, 9.17) is 18.9 Å². The van der Waals surface area contributed by atoms with Crippen molar-refractivity contribution >= 4 is 24.2 Å². The smallest absolute Gasteiger partial charge is 0.410 e. The zero-order chi connectivity index (χ0) is 33.4. The van der Waals surface area contributed by atoms with Crippen molar-refractivity contribution < 1.29 is 38.1 Å². The van der Waals surface area contributed by atoms with Gasteiger partial charge in [-0.1, -0.05) is 73.3 Å². The lowest BCUT2D eigenvalue weighted by molar-refractivity contribution is -0.156. The largest absolute Gasteiger partial charge is 0.459 e. The predicted molar refractivity (Wildman–Crippen MR) is 172 cm³/mol. The summed E-state index contributed by atoms with van der Waals surface area (Å²) in [4.78, 5) is 58.6. The molecule has 1 aliphatic rings. The molecule has 250 valence electrons. The molecule has 0 aromatic heterocycles. The van der Waals surface area contributed by atoms with Gasteiger partial charge in [-0.25, -0.2) is 14.4 Å². The van der Waals surface area contributed by atoms with Gasteiger partial charge in [-0.3, -0.25) is 9.69 Å². The van der Waals surface area contributed by atoms with Crippen LogP contribution in [0.5, 0.6) is 0 Å². The number of carbonyl (C=O) groups excluding carboxylic acids is 4. The van der Waals surface area contributed by atoms with Crippen molar-refractivity contribution in [1.82, 2.24) is 19.6 Å². The Hall–Kier alpha value is -4.58. The van der Waals surface area contributed by atoms with E-state index in [0.717, 1.165) is 11.1 Å². The molecule has 46 heavy (non-hydrogen) atoms. The lowest BCUT2D eigenvalue weighted by atomic mass is 10.2. The Morgan fingerprint density at radius 1 is 0.652 bits per heavy atom. The lowest BCUT2D eigenvalue weighted by Crippen LogP contribution is -2.50. The number of amides is 3. The Morgan fingerprint density at radius 3 is 1.43 bits per heavy atom. The van der Waals surface area contributed by atoms with Gasteiger partial charge in [-0.15, -0.1) is 0 Å². The second-order valence-electron chi connectivity index (χ2n) is 11.8. The SMILES string of the molecule is C=CCOC(=O)N1CCN(CC(=O)OC(C)(C)C)CCN(C(=O)OCc2ccccc2)CCN(C(=O)OCc2ccccc2)CC1. The van der Waals surface area contributed by atoms with E-state index in [1.54, 1.807) is 20.8 Å². The Labute approximate surface area is 271 Å². The van der Waals surface area contributed by atoms with E-state index in [-0.39, 0.29) is 78.7 Å². The molecular formula is C34H46N4O8. The number of ether oxygens (including phenoxy) is 4. The first-order chi connectivity index (χ1) is 22.0. The molecule has 0 atom stereocenters. The zero-order valence-electron chi connectivity index (χ0n) is 27.1. The van der Waals surface area contributed by atoms with E-state index in [1.807, 2.05) is 65.6 Å². The Balaban J connectivity index is 1.80. The van der Waals surface area contributed by atoms with E-state index in [1.165, 1.54) is 20.8 Å². The van der Waals surface area contributed by atoms with E-state index in [9.17, 15) is 19.2 Å². The molecule has 1 fully saturated rings. The summed E-state index contributed by atoms with van der Waals surface area (Å²) in [6, 6.07) is 18.6. The van der Waals surface area contributed by atoms with Crippen molar-refractivity contribution in [3.05, 3.63) is 84.4 Å². The molecule has 2 aromatic carbocycles. The molecule has 0 saturated carbocycles. The zero-order valence-corrected chi connectivity index (χ0v) is 27.1. The van der Waals surface area contributed by atoms with Gasteiger partial charge in [-0.05, 0) is 31.9 Å². The highest BCUT2D eigenvalue weighted by Gasteiger charge is 2.26. The third-order valence-electron chi connectivity index (χ3n) is 6.93. The highest BCUT2D eigenvalue weighted by atomic mass is 16.6. The van der Waals surface area contributed by atoms with Crippen LogP contribution in [0.2, 0.25) is 0 Å². The second kappa shape index (κ2) is 18.4. The van der Waals surface area contributed by atoms with E-state index < -0.39 is 29.9 Å². The number of carbonyl (C=O) groups is 4. The minimum atomic E-state index is -0.671. The van der Waals surface area contributed by atoms with Gasteiger partial charge in [0, 0.05) is 52.4 Å². The molecule has 1 heterocycles. The fourth-order valence-electron chi connectivity index (χ4n) is 4.56. The fraction of sp³-hybridized carbons (Fsp3) is 0.471. The number of esters is 1. The normalized spacial score (nSPS) is 15.2. The molecule has 0 N–H and O–H groups in total. The molecular weight excluding hydrogens is 592 g/mol. The van der Waals surface area contributed by atoms with Gasteiger partial charge in [0.2, 0.25) is 0 Å². The molecule has 1 aliphatic heterocycles. The van der Waals surface area contributed by atoms with Gasteiger partial charge in [0.1, 0.15) is 25.4 Å². The molecule has 0 bridgehead atoms. The monoisotopic (exact) mass is 638 g/mol. The highest BCUT2D eigenvalue weighted by Crippen LogP contribution is 2.11. The Morgan fingerprint density at radius 2 is 1.04 bits per heavy atom. The quantitative estimate of drug-likeness (QED) is 0.233. The topological polar surface area (TPSA) is 118 Å². The van der Waals surface area contributed by atoms with Gasteiger partial charge < -0.3 is 33.6 Å². The van der Waals surface area contributed by atoms with Crippen LogP contribution in [0.1, 0.15) is 31.9 Å². The maximum absolute atomic E-state index is 13.3. The van der Waals surface area contributed by atoms with Crippen LogP contribution in [0, 0.1) is 0 Å². The highest BCUT2D eigenvalue weighted by molar-refractivity contribution is 5.72.